The van der Waals surface area contributed by atoms with Crippen molar-refractivity contribution in [1.82, 2.24) is 4.98 Å². The highest BCUT2D eigenvalue weighted by Gasteiger charge is 2.18. The molecule has 2 rings (SSSR count). The molecule has 0 aliphatic rings. The molecule has 102 valence electrons. The highest BCUT2D eigenvalue weighted by molar-refractivity contribution is 7.12. The average molecular weight is 296 g/mol. The SMILES string of the molecule is CC(C)(C)c1csc(COC(=O)c2sccc2N)n1. The number of carbonyl (C=O) groups is 1. The number of nitrogen functional groups attached to an aromatic ring is 1. The van der Waals surface area contributed by atoms with Crippen molar-refractivity contribution in [3.63, 3.8) is 0 Å². The standard InChI is InChI=1S/C13H16N2O2S2/c1-13(2,3)9-7-19-10(15-9)6-17-12(16)11-8(14)4-5-18-11/h4-5,7H,6,14H2,1-3H3. The van der Waals surface area contributed by atoms with Crippen molar-refractivity contribution < 1.29 is 9.53 Å². The van der Waals surface area contributed by atoms with Gasteiger partial charge in [-0.3, -0.25) is 0 Å². The average Bonchev–Trinajstić information content (AvgIpc) is 2.93. The van der Waals surface area contributed by atoms with Crippen LogP contribution in [0.1, 0.15) is 41.1 Å². The molecular weight excluding hydrogens is 280 g/mol. The van der Waals surface area contributed by atoms with Gasteiger partial charge in [0, 0.05) is 10.8 Å². The first-order valence-corrected chi connectivity index (χ1v) is 7.59. The van der Waals surface area contributed by atoms with Crippen molar-refractivity contribution in [2.24, 2.45) is 0 Å². The van der Waals surface area contributed by atoms with E-state index in [2.05, 4.69) is 25.8 Å². The van der Waals surface area contributed by atoms with E-state index in [-0.39, 0.29) is 18.0 Å². The van der Waals surface area contributed by atoms with E-state index in [9.17, 15) is 4.79 Å². The first-order valence-electron chi connectivity index (χ1n) is 5.83. The number of aromatic nitrogens is 1. The number of nitrogens with two attached hydrogens (primary N) is 1. The summed E-state index contributed by atoms with van der Waals surface area (Å²) in [5.41, 5.74) is 7.15. The molecule has 2 N–H and O–H groups in total. The molecule has 0 aromatic carbocycles. The second-order valence-electron chi connectivity index (χ2n) is 5.16. The molecule has 0 atom stereocenters. The van der Waals surface area contributed by atoms with E-state index in [1.807, 2.05) is 5.38 Å². The van der Waals surface area contributed by atoms with Crippen LogP contribution in [0.25, 0.3) is 0 Å². The Morgan fingerprint density at radius 2 is 2.16 bits per heavy atom. The van der Waals surface area contributed by atoms with Crippen LogP contribution in [0.15, 0.2) is 16.8 Å². The second-order valence-corrected chi connectivity index (χ2v) is 7.02. The molecule has 0 fully saturated rings. The van der Waals surface area contributed by atoms with Crippen LogP contribution in [0.3, 0.4) is 0 Å². The van der Waals surface area contributed by atoms with Crippen LogP contribution in [-0.2, 0) is 16.8 Å². The lowest BCUT2D eigenvalue weighted by atomic mass is 9.93. The van der Waals surface area contributed by atoms with Gasteiger partial charge in [0.1, 0.15) is 16.5 Å². The van der Waals surface area contributed by atoms with Crippen molar-refractivity contribution in [3.8, 4) is 0 Å². The molecule has 0 saturated carbocycles. The highest BCUT2D eigenvalue weighted by atomic mass is 32.1. The van der Waals surface area contributed by atoms with Gasteiger partial charge in [0.15, 0.2) is 0 Å². The minimum Gasteiger partial charge on any atom is -0.454 e. The molecule has 2 aromatic heterocycles. The van der Waals surface area contributed by atoms with Crippen LogP contribution in [0.2, 0.25) is 0 Å². The first-order chi connectivity index (χ1) is 8.88. The molecule has 0 amide bonds. The maximum Gasteiger partial charge on any atom is 0.350 e. The summed E-state index contributed by atoms with van der Waals surface area (Å²) >= 11 is 2.79. The highest BCUT2D eigenvalue weighted by Crippen LogP contribution is 2.25. The van der Waals surface area contributed by atoms with Gasteiger partial charge in [-0.25, -0.2) is 9.78 Å². The molecule has 0 aliphatic carbocycles. The molecule has 19 heavy (non-hydrogen) atoms. The zero-order valence-electron chi connectivity index (χ0n) is 11.1. The molecule has 0 radical (unpaired) electrons. The van der Waals surface area contributed by atoms with E-state index in [1.54, 1.807) is 11.4 Å². The monoisotopic (exact) mass is 296 g/mol. The number of rotatable bonds is 3. The number of hydrogen-bond donors (Lipinski definition) is 1. The van der Waals surface area contributed by atoms with Gasteiger partial charge in [0.2, 0.25) is 0 Å². The summed E-state index contributed by atoms with van der Waals surface area (Å²) in [6.07, 6.45) is 0. The minimum absolute atomic E-state index is 0.0109. The van der Waals surface area contributed by atoms with Crippen LogP contribution in [0.4, 0.5) is 5.69 Å². The maximum atomic E-state index is 11.8. The lowest BCUT2D eigenvalue weighted by Gasteiger charge is -2.14. The van der Waals surface area contributed by atoms with Crippen molar-refractivity contribution >= 4 is 34.3 Å². The molecule has 2 heterocycles. The van der Waals surface area contributed by atoms with Gasteiger partial charge in [-0.05, 0) is 11.4 Å². The predicted octanol–water partition coefficient (Wildman–Crippen LogP) is 3.44. The zero-order valence-corrected chi connectivity index (χ0v) is 12.7. The van der Waals surface area contributed by atoms with Gasteiger partial charge in [0.25, 0.3) is 0 Å². The van der Waals surface area contributed by atoms with Gasteiger partial charge in [-0.2, -0.15) is 0 Å². The number of hydrogen-bond acceptors (Lipinski definition) is 6. The number of carbonyl (C=O) groups excluding carboxylic acids is 1. The van der Waals surface area contributed by atoms with E-state index in [0.29, 0.717) is 10.6 Å². The Labute approximate surface area is 120 Å². The van der Waals surface area contributed by atoms with Crippen LogP contribution < -0.4 is 5.73 Å². The van der Waals surface area contributed by atoms with Crippen molar-refractivity contribution in [1.29, 1.82) is 0 Å². The predicted molar refractivity (Wildman–Crippen MR) is 78.7 cm³/mol. The lowest BCUT2D eigenvalue weighted by molar-refractivity contribution is 0.0479. The zero-order chi connectivity index (χ0) is 14.0. The summed E-state index contributed by atoms with van der Waals surface area (Å²) < 4.78 is 5.22. The molecule has 0 unspecified atom stereocenters. The Bertz CT molecular complexity index is 581. The van der Waals surface area contributed by atoms with Crippen LogP contribution in [-0.4, -0.2) is 11.0 Å². The second kappa shape index (κ2) is 5.30. The summed E-state index contributed by atoms with van der Waals surface area (Å²) in [6.45, 7) is 6.50. The van der Waals surface area contributed by atoms with Gasteiger partial charge in [-0.1, -0.05) is 20.8 Å². The summed E-state index contributed by atoms with van der Waals surface area (Å²) in [6, 6.07) is 1.70. The molecule has 0 spiro atoms. The molecule has 0 saturated heterocycles. The largest absolute Gasteiger partial charge is 0.454 e. The third kappa shape index (κ3) is 3.33. The Kier molecular flexibility index (Phi) is 3.91. The Morgan fingerprint density at radius 3 is 2.68 bits per heavy atom. The minimum atomic E-state index is -0.389. The van der Waals surface area contributed by atoms with Crippen LogP contribution in [0, 0.1) is 0 Å². The summed E-state index contributed by atoms with van der Waals surface area (Å²) in [5.74, 6) is -0.389. The van der Waals surface area contributed by atoms with Crippen LogP contribution >= 0.6 is 22.7 Å². The number of ether oxygens (including phenoxy) is 1. The van der Waals surface area contributed by atoms with Gasteiger partial charge < -0.3 is 10.5 Å². The number of anilines is 1. The quantitative estimate of drug-likeness (QED) is 0.881. The molecule has 0 bridgehead atoms. The smallest absolute Gasteiger partial charge is 0.350 e. The van der Waals surface area contributed by atoms with E-state index in [1.165, 1.54) is 22.7 Å². The molecule has 6 heteroatoms. The Morgan fingerprint density at radius 1 is 1.42 bits per heavy atom. The summed E-state index contributed by atoms with van der Waals surface area (Å²) in [5, 5.41) is 4.57. The van der Waals surface area contributed by atoms with E-state index in [0.717, 1.165) is 10.7 Å². The summed E-state index contributed by atoms with van der Waals surface area (Å²) in [4.78, 5) is 16.7. The molecule has 2 aromatic rings. The topological polar surface area (TPSA) is 65.2 Å². The fourth-order valence-electron chi connectivity index (χ4n) is 1.40. The van der Waals surface area contributed by atoms with Gasteiger partial charge in [0.05, 0.1) is 11.4 Å². The number of thiazole rings is 1. The fraction of sp³-hybridized carbons (Fsp3) is 0.385. The van der Waals surface area contributed by atoms with Crippen molar-refractivity contribution in [2.75, 3.05) is 5.73 Å². The Hall–Kier alpha value is -1.40. The number of thiophene rings is 1. The van der Waals surface area contributed by atoms with E-state index in [4.69, 9.17) is 10.5 Å². The van der Waals surface area contributed by atoms with Crippen LogP contribution in [0.5, 0.6) is 0 Å². The lowest BCUT2D eigenvalue weighted by Crippen LogP contribution is -2.12. The van der Waals surface area contributed by atoms with Gasteiger partial charge in [-0.15, -0.1) is 22.7 Å². The van der Waals surface area contributed by atoms with E-state index < -0.39 is 0 Å². The van der Waals surface area contributed by atoms with E-state index >= 15 is 0 Å². The third-order valence-electron chi connectivity index (χ3n) is 2.53. The normalized spacial score (nSPS) is 11.5. The fourth-order valence-corrected chi connectivity index (χ4v) is 3.04. The van der Waals surface area contributed by atoms with Gasteiger partial charge >= 0.3 is 5.97 Å². The van der Waals surface area contributed by atoms with Crippen molar-refractivity contribution in [2.45, 2.75) is 32.8 Å². The number of esters is 1. The number of nitrogens with zero attached hydrogens (tertiary/aromatic N) is 1. The molecule has 4 nitrogen and oxygen atoms in total. The molecule has 0 aliphatic heterocycles. The van der Waals surface area contributed by atoms with Crippen molar-refractivity contribution in [3.05, 3.63) is 32.4 Å². The summed E-state index contributed by atoms with van der Waals surface area (Å²) in [7, 11) is 0. The Balaban J connectivity index is 1.98. The first kappa shape index (κ1) is 14.0. The third-order valence-corrected chi connectivity index (χ3v) is 4.26. The maximum absolute atomic E-state index is 11.8. The molecular formula is C13H16N2O2S2.